The van der Waals surface area contributed by atoms with Crippen LogP contribution >= 0.6 is 0 Å². The van der Waals surface area contributed by atoms with Gasteiger partial charge in [-0.05, 0) is 42.7 Å². The lowest BCUT2D eigenvalue weighted by Crippen LogP contribution is -2.36. The molecule has 0 aliphatic carbocycles. The molecule has 31 heavy (non-hydrogen) atoms. The molecule has 166 valence electrons. The highest BCUT2D eigenvalue weighted by atomic mass is 16.5. The van der Waals surface area contributed by atoms with Gasteiger partial charge in [-0.3, -0.25) is 9.79 Å². The molecule has 0 radical (unpaired) electrons. The first-order valence-corrected chi connectivity index (χ1v) is 10.3. The lowest BCUT2D eigenvalue weighted by molar-refractivity contribution is -0.124. The fraction of sp³-hybridized carbons (Fsp3) is 0.391. The SMILES string of the molecule is CN=C(NCc1cccc(NC(=O)C2CCCO2)c1)NCc1ccc(OC)cc1OC. The summed E-state index contributed by atoms with van der Waals surface area (Å²) in [5.74, 6) is 2.06. The van der Waals surface area contributed by atoms with E-state index in [1.165, 1.54) is 0 Å². The van der Waals surface area contributed by atoms with Gasteiger partial charge in [-0.2, -0.15) is 0 Å². The fourth-order valence-electron chi connectivity index (χ4n) is 3.35. The zero-order valence-electron chi connectivity index (χ0n) is 18.2. The Labute approximate surface area is 183 Å². The van der Waals surface area contributed by atoms with Crippen LogP contribution in [0.2, 0.25) is 0 Å². The van der Waals surface area contributed by atoms with Crippen molar-refractivity contribution in [2.45, 2.75) is 32.0 Å². The zero-order valence-corrected chi connectivity index (χ0v) is 18.2. The summed E-state index contributed by atoms with van der Waals surface area (Å²) in [7, 11) is 4.98. The summed E-state index contributed by atoms with van der Waals surface area (Å²) >= 11 is 0. The predicted molar refractivity (Wildman–Crippen MR) is 121 cm³/mol. The molecular weight excluding hydrogens is 396 g/mol. The smallest absolute Gasteiger partial charge is 0.253 e. The first-order valence-electron chi connectivity index (χ1n) is 10.3. The molecule has 0 bridgehead atoms. The highest BCUT2D eigenvalue weighted by Gasteiger charge is 2.23. The number of nitrogens with one attached hydrogen (secondary N) is 3. The van der Waals surface area contributed by atoms with Gasteiger partial charge < -0.3 is 30.2 Å². The summed E-state index contributed by atoms with van der Waals surface area (Å²) in [5, 5.41) is 9.50. The number of aliphatic imine (C=N–C) groups is 1. The van der Waals surface area contributed by atoms with E-state index in [0.29, 0.717) is 25.7 Å². The maximum absolute atomic E-state index is 12.3. The van der Waals surface area contributed by atoms with E-state index in [2.05, 4.69) is 20.9 Å². The largest absolute Gasteiger partial charge is 0.497 e. The van der Waals surface area contributed by atoms with Crippen LogP contribution in [0.15, 0.2) is 47.5 Å². The Morgan fingerprint density at radius 3 is 2.68 bits per heavy atom. The van der Waals surface area contributed by atoms with Gasteiger partial charge in [-0.1, -0.05) is 12.1 Å². The third-order valence-corrected chi connectivity index (χ3v) is 5.04. The Balaban J connectivity index is 1.53. The van der Waals surface area contributed by atoms with Gasteiger partial charge >= 0.3 is 0 Å². The van der Waals surface area contributed by atoms with E-state index in [9.17, 15) is 4.79 Å². The van der Waals surface area contributed by atoms with E-state index in [4.69, 9.17) is 14.2 Å². The maximum Gasteiger partial charge on any atom is 0.253 e. The van der Waals surface area contributed by atoms with Crippen LogP contribution in [0.4, 0.5) is 5.69 Å². The van der Waals surface area contributed by atoms with Crippen molar-refractivity contribution >= 4 is 17.6 Å². The molecule has 0 saturated carbocycles. The summed E-state index contributed by atoms with van der Waals surface area (Å²) in [4.78, 5) is 16.5. The van der Waals surface area contributed by atoms with Gasteiger partial charge in [-0.25, -0.2) is 0 Å². The molecule has 1 fully saturated rings. The molecule has 0 aromatic heterocycles. The van der Waals surface area contributed by atoms with Crippen LogP contribution in [-0.4, -0.2) is 45.8 Å². The standard InChI is InChI=1S/C23H30N4O4/c1-24-23(26-15-17-9-10-19(29-2)13-21(17)30-3)25-14-16-6-4-7-18(12-16)27-22(28)20-8-5-11-31-20/h4,6-7,9-10,12-13,20H,5,8,11,14-15H2,1-3H3,(H,27,28)(H2,24,25,26). The van der Waals surface area contributed by atoms with Crippen molar-refractivity contribution in [2.24, 2.45) is 4.99 Å². The topological polar surface area (TPSA) is 93.2 Å². The summed E-state index contributed by atoms with van der Waals surface area (Å²) in [6.45, 7) is 1.75. The van der Waals surface area contributed by atoms with Crippen molar-refractivity contribution < 1.29 is 19.0 Å². The number of nitrogens with zero attached hydrogens (tertiary/aromatic N) is 1. The number of carbonyl (C=O) groups excluding carboxylic acids is 1. The van der Waals surface area contributed by atoms with Crippen molar-refractivity contribution in [3.8, 4) is 11.5 Å². The Bertz CT molecular complexity index is 910. The van der Waals surface area contributed by atoms with E-state index in [-0.39, 0.29) is 12.0 Å². The minimum Gasteiger partial charge on any atom is -0.497 e. The molecule has 1 amide bonds. The lowest BCUT2D eigenvalue weighted by Gasteiger charge is -2.15. The number of anilines is 1. The number of amides is 1. The zero-order chi connectivity index (χ0) is 22.1. The third-order valence-electron chi connectivity index (χ3n) is 5.04. The number of benzene rings is 2. The number of carbonyl (C=O) groups is 1. The molecular formula is C23H30N4O4. The second kappa shape index (κ2) is 11.2. The molecule has 8 nitrogen and oxygen atoms in total. The first kappa shape index (κ1) is 22.4. The number of ether oxygens (including phenoxy) is 3. The average molecular weight is 427 g/mol. The van der Waals surface area contributed by atoms with E-state index in [1.807, 2.05) is 42.5 Å². The number of methoxy groups -OCH3 is 2. The Kier molecular flexibility index (Phi) is 8.12. The maximum atomic E-state index is 12.3. The Hall–Kier alpha value is -3.26. The summed E-state index contributed by atoms with van der Waals surface area (Å²) in [6.07, 6.45) is 1.35. The van der Waals surface area contributed by atoms with Crippen molar-refractivity contribution in [2.75, 3.05) is 33.2 Å². The monoisotopic (exact) mass is 426 g/mol. The van der Waals surface area contributed by atoms with Crippen LogP contribution in [0.1, 0.15) is 24.0 Å². The molecule has 1 aliphatic rings. The molecule has 1 aliphatic heterocycles. The van der Waals surface area contributed by atoms with E-state index >= 15 is 0 Å². The summed E-state index contributed by atoms with van der Waals surface area (Å²) in [6, 6.07) is 13.4. The van der Waals surface area contributed by atoms with Gasteiger partial charge in [0.2, 0.25) is 0 Å². The molecule has 3 rings (SSSR count). The number of hydrogen-bond donors (Lipinski definition) is 3. The predicted octanol–water partition coefficient (Wildman–Crippen LogP) is 2.69. The molecule has 2 aromatic rings. The normalized spacial score (nSPS) is 16.0. The molecule has 2 aromatic carbocycles. The van der Waals surface area contributed by atoms with E-state index in [0.717, 1.165) is 41.2 Å². The van der Waals surface area contributed by atoms with Crippen LogP contribution in [-0.2, 0) is 22.6 Å². The highest BCUT2D eigenvalue weighted by Crippen LogP contribution is 2.24. The van der Waals surface area contributed by atoms with Crippen LogP contribution in [0, 0.1) is 0 Å². The molecule has 1 saturated heterocycles. The first-order chi connectivity index (χ1) is 15.1. The minimum atomic E-state index is -0.347. The molecule has 1 heterocycles. The van der Waals surface area contributed by atoms with Gasteiger partial charge in [-0.15, -0.1) is 0 Å². The Morgan fingerprint density at radius 1 is 1.13 bits per heavy atom. The second-order valence-corrected chi connectivity index (χ2v) is 7.15. The fourth-order valence-corrected chi connectivity index (χ4v) is 3.35. The minimum absolute atomic E-state index is 0.0893. The van der Waals surface area contributed by atoms with Gasteiger partial charge in [0.15, 0.2) is 5.96 Å². The third kappa shape index (κ3) is 6.36. The molecule has 3 N–H and O–H groups in total. The lowest BCUT2D eigenvalue weighted by atomic mass is 10.2. The van der Waals surface area contributed by atoms with Crippen LogP contribution in [0.3, 0.4) is 0 Å². The van der Waals surface area contributed by atoms with Crippen LogP contribution < -0.4 is 25.4 Å². The highest BCUT2D eigenvalue weighted by molar-refractivity contribution is 5.94. The number of guanidine groups is 1. The van der Waals surface area contributed by atoms with Crippen LogP contribution in [0.25, 0.3) is 0 Å². The summed E-state index contributed by atoms with van der Waals surface area (Å²) < 4.78 is 16.1. The van der Waals surface area contributed by atoms with Gasteiger partial charge in [0.25, 0.3) is 5.91 Å². The summed E-state index contributed by atoms with van der Waals surface area (Å²) in [5.41, 5.74) is 2.77. The quantitative estimate of drug-likeness (QED) is 0.444. The van der Waals surface area contributed by atoms with Crippen LogP contribution in [0.5, 0.6) is 11.5 Å². The second-order valence-electron chi connectivity index (χ2n) is 7.15. The van der Waals surface area contributed by atoms with Gasteiger partial charge in [0, 0.05) is 44.1 Å². The van der Waals surface area contributed by atoms with E-state index in [1.54, 1.807) is 21.3 Å². The average Bonchev–Trinajstić information content (AvgIpc) is 3.34. The van der Waals surface area contributed by atoms with Gasteiger partial charge in [0.1, 0.15) is 17.6 Å². The van der Waals surface area contributed by atoms with E-state index < -0.39 is 0 Å². The van der Waals surface area contributed by atoms with Gasteiger partial charge in [0.05, 0.1) is 14.2 Å². The number of rotatable bonds is 8. The van der Waals surface area contributed by atoms with Crippen molar-refractivity contribution in [1.29, 1.82) is 0 Å². The Morgan fingerprint density at radius 2 is 1.97 bits per heavy atom. The molecule has 8 heteroatoms. The molecule has 1 unspecified atom stereocenters. The molecule has 1 atom stereocenters. The molecule has 0 spiro atoms. The van der Waals surface area contributed by atoms with Crippen molar-refractivity contribution in [3.63, 3.8) is 0 Å². The van der Waals surface area contributed by atoms with Crippen molar-refractivity contribution in [3.05, 3.63) is 53.6 Å². The number of hydrogen-bond acceptors (Lipinski definition) is 5. The van der Waals surface area contributed by atoms with Crippen molar-refractivity contribution in [1.82, 2.24) is 10.6 Å².